The van der Waals surface area contributed by atoms with Gasteiger partial charge in [-0.25, -0.2) is 0 Å². The van der Waals surface area contributed by atoms with Crippen molar-refractivity contribution in [1.29, 1.82) is 0 Å². The summed E-state index contributed by atoms with van der Waals surface area (Å²) in [6.45, 7) is 2.38. The molecule has 1 aromatic rings. The molecule has 1 aliphatic carbocycles. The van der Waals surface area contributed by atoms with Crippen molar-refractivity contribution in [1.82, 2.24) is 0 Å². The molecule has 4 heteroatoms. The molecule has 1 aromatic carbocycles. The van der Waals surface area contributed by atoms with Crippen molar-refractivity contribution in [2.24, 2.45) is 5.73 Å². The zero-order valence-corrected chi connectivity index (χ0v) is 10.7. The van der Waals surface area contributed by atoms with Crippen molar-refractivity contribution in [3.05, 3.63) is 22.2 Å². The Bertz CT molecular complexity index is 441. The molecule has 0 saturated heterocycles. The number of hydrogen-bond acceptors (Lipinski definition) is 3. The predicted octanol–water partition coefficient (Wildman–Crippen LogP) is 2.56. The summed E-state index contributed by atoms with van der Waals surface area (Å²) >= 11 is 3.51. The summed E-state index contributed by atoms with van der Waals surface area (Å²) in [7, 11) is 0. The first-order valence-electron chi connectivity index (χ1n) is 5.49. The molecule has 0 amide bonds. The van der Waals surface area contributed by atoms with E-state index in [-0.39, 0.29) is 11.5 Å². The number of fused-ring (bicyclic) bond motifs is 1. The van der Waals surface area contributed by atoms with Gasteiger partial charge in [-0.15, -0.1) is 0 Å². The van der Waals surface area contributed by atoms with E-state index in [1.165, 1.54) is 5.56 Å². The molecule has 0 bridgehead atoms. The van der Waals surface area contributed by atoms with Gasteiger partial charge < -0.3 is 15.2 Å². The third-order valence-electron chi connectivity index (χ3n) is 3.63. The first-order chi connectivity index (χ1) is 7.63. The molecule has 1 unspecified atom stereocenters. The summed E-state index contributed by atoms with van der Waals surface area (Å²) in [6, 6.07) is 4.21. The lowest BCUT2D eigenvalue weighted by molar-refractivity contribution is 0.172. The van der Waals surface area contributed by atoms with Gasteiger partial charge in [-0.2, -0.15) is 0 Å². The van der Waals surface area contributed by atoms with Crippen LogP contribution in [0.4, 0.5) is 0 Å². The number of nitrogens with two attached hydrogens (primary N) is 1. The van der Waals surface area contributed by atoms with Crippen LogP contribution < -0.4 is 15.2 Å². The maximum Gasteiger partial charge on any atom is 0.231 e. The van der Waals surface area contributed by atoms with Crippen LogP contribution in [0.5, 0.6) is 11.5 Å². The maximum absolute atomic E-state index is 6.10. The van der Waals surface area contributed by atoms with E-state index >= 15 is 0 Å². The van der Waals surface area contributed by atoms with Crippen LogP contribution >= 0.6 is 15.9 Å². The Morgan fingerprint density at radius 1 is 1.38 bits per heavy atom. The lowest BCUT2D eigenvalue weighted by atomic mass is 9.88. The minimum absolute atomic E-state index is 0.0988. The van der Waals surface area contributed by atoms with E-state index < -0.39 is 0 Å². The maximum atomic E-state index is 6.10. The molecule has 0 aromatic heterocycles. The normalized spacial score (nSPS) is 21.9. The molecule has 16 heavy (non-hydrogen) atoms. The van der Waals surface area contributed by atoms with Gasteiger partial charge in [0.05, 0.1) is 0 Å². The van der Waals surface area contributed by atoms with E-state index in [4.69, 9.17) is 15.2 Å². The lowest BCUT2D eigenvalue weighted by Gasteiger charge is -2.21. The van der Waals surface area contributed by atoms with Crippen molar-refractivity contribution in [3.63, 3.8) is 0 Å². The average Bonchev–Trinajstić information content (AvgIpc) is 2.91. The summed E-state index contributed by atoms with van der Waals surface area (Å²) in [5.41, 5.74) is 7.39. The van der Waals surface area contributed by atoms with Gasteiger partial charge in [-0.3, -0.25) is 0 Å². The minimum atomic E-state index is 0.0988. The van der Waals surface area contributed by atoms with Crippen LogP contribution in [0.1, 0.15) is 25.3 Å². The van der Waals surface area contributed by atoms with Crippen molar-refractivity contribution < 1.29 is 9.47 Å². The van der Waals surface area contributed by atoms with Crippen LogP contribution in [0, 0.1) is 0 Å². The van der Waals surface area contributed by atoms with E-state index in [9.17, 15) is 0 Å². The van der Waals surface area contributed by atoms with Gasteiger partial charge in [0, 0.05) is 21.5 Å². The van der Waals surface area contributed by atoms with Crippen molar-refractivity contribution >= 4 is 15.9 Å². The van der Waals surface area contributed by atoms with Crippen LogP contribution in [-0.4, -0.2) is 12.8 Å². The molecule has 0 spiro atoms. The zero-order chi connectivity index (χ0) is 11.3. The first kappa shape index (κ1) is 10.4. The highest BCUT2D eigenvalue weighted by molar-refractivity contribution is 9.10. The highest BCUT2D eigenvalue weighted by Crippen LogP contribution is 2.56. The summed E-state index contributed by atoms with van der Waals surface area (Å²) in [6.07, 6.45) is 2.27. The number of rotatable bonds is 2. The molecule has 3 rings (SSSR count). The Morgan fingerprint density at radius 3 is 2.75 bits per heavy atom. The highest BCUT2D eigenvalue weighted by atomic mass is 79.9. The van der Waals surface area contributed by atoms with Gasteiger partial charge in [0.15, 0.2) is 11.5 Å². The largest absolute Gasteiger partial charge is 0.454 e. The van der Waals surface area contributed by atoms with E-state index in [1.807, 2.05) is 6.07 Å². The molecular weight excluding hydrogens is 270 g/mol. The second-order valence-corrected chi connectivity index (χ2v) is 5.55. The Morgan fingerprint density at radius 2 is 2.12 bits per heavy atom. The third kappa shape index (κ3) is 1.36. The summed E-state index contributed by atoms with van der Waals surface area (Å²) < 4.78 is 12.0. The molecule has 1 atom stereocenters. The zero-order valence-electron chi connectivity index (χ0n) is 9.13. The SMILES string of the molecule is CC(N)C1(c2cc(Br)cc3c2OCO3)CC1. The highest BCUT2D eigenvalue weighted by Gasteiger charge is 2.50. The monoisotopic (exact) mass is 283 g/mol. The van der Waals surface area contributed by atoms with Gasteiger partial charge >= 0.3 is 0 Å². The van der Waals surface area contributed by atoms with Crippen LogP contribution in [-0.2, 0) is 5.41 Å². The second-order valence-electron chi connectivity index (χ2n) is 4.63. The second kappa shape index (κ2) is 3.37. The van der Waals surface area contributed by atoms with E-state index in [0.717, 1.165) is 28.8 Å². The van der Waals surface area contributed by atoms with Gasteiger partial charge in [0.2, 0.25) is 6.79 Å². The standard InChI is InChI=1S/C12H14BrNO2/c1-7(14)12(2-3-12)9-4-8(13)5-10-11(9)16-6-15-10/h4-5,7H,2-3,6,14H2,1H3. The molecule has 1 saturated carbocycles. The van der Waals surface area contributed by atoms with Gasteiger partial charge in [0.25, 0.3) is 0 Å². The van der Waals surface area contributed by atoms with Gasteiger partial charge in [-0.1, -0.05) is 15.9 Å². The molecule has 0 radical (unpaired) electrons. The van der Waals surface area contributed by atoms with Crippen LogP contribution in [0.3, 0.4) is 0 Å². The fourth-order valence-corrected chi connectivity index (χ4v) is 2.89. The molecule has 86 valence electrons. The summed E-state index contributed by atoms with van der Waals surface area (Å²) in [5.74, 6) is 1.72. The third-order valence-corrected chi connectivity index (χ3v) is 4.09. The van der Waals surface area contributed by atoms with Crippen molar-refractivity contribution in [3.8, 4) is 11.5 Å². The van der Waals surface area contributed by atoms with E-state index in [1.54, 1.807) is 0 Å². The Labute approximate surface area is 103 Å². The topological polar surface area (TPSA) is 44.5 Å². The molecule has 1 fully saturated rings. The summed E-state index contributed by atoms with van der Waals surface area (Å²) in [4.78, 5) is 0. The first-order valence-corrected chi connectivity index (χ1v) is 6.28. The van der Waals surface area contributed by atoms with E-state index in [2.05, 4.69) is 28.9 Å². The van der Waals surface area contributed by atoms with Crippen molar-refractivity contribution in [2.45, 2.75) is 31.2 Å². The van der Waals surface area contributed by atoms with Gasteiger partial charge in [0.1, 0.15) is 0 Å². The lowest BCUT2D eigenvalue weighted by Crippen LogP contribution is -2.31. The number of halogens is 1. The smallest absolute Gasteiger partial charge is 0.231 e. The number of hydrogen-bond donors (Lipinski definition) is 1. The van der Waals surface area contributed by atoms with Crippen LogP contribution in [0.25, 0.3) is 0 Å². The molecule has 1 aliphatic heterocycles. The Hall–Kier alpha value is -0.740. The predicted molar refractivity (Wildman–Crippen MR) is 64.8 cm³/mol. The number of benzene rings is 1. The van der Waals surface area contributed by atoms with Crippen LogP contribution in [0.15, 0.2) is 16.6 Å². The molecular formula is C12H14BrNO2. The molecule has 2 N–H and O–H groups in total. The van der Waals surface area contributed by atoms with Crippen molar-refractivity contribution in [2.75, 3.05) is 6.79 Å². The quantitative estimate of drug-likeness (QED) is 0.907. The average molecular weight is 284 g/mol. The molecule has 3 nitrogen and oxygen atoms in total. The fourth-order valence-electron chi connectivity index (χ4n) is 2.45. The molecule has 2 aliphatic rings. The van der Waals surface area contributed by atoms with Gasteiger partial charge in [-0.05, 0) is 31.9 Å². The fraction of sp³-hybridized carbons (Fsp3) is 0.500. The minimum Gasteiger partial charge on any atom is -0.454 e. The summed E-state index contributed by atoms with van der Waals surface area (Å²) in [5, 5.41) is 0. The van der Waals surface area contributed by atoms with E-state index in [0.29, 0.717) is 6.79 Å². The Kier molecular flexibility index (Phi) is 2.20. The Balaban J connectivity index is 2.14. The number of ether oxygens (including phenoxy) is 2. The van der Waals surface area contributed by atoms with Crippen LogP contribution in [0.2, 0.25) is 0 Å². The molecule has 1 heterocycles.